The first-order valence-electron chi connectivity index (χ1n) is 6.22. The molecule has 0 bridgehead atoms. The Balaban J connectivity index is 2.55. The lowest BCUT2D eigenvalue weighted by Gasteiger charge is -2.41. The fraction of sp³-hybridized carbons (Fsp3) is 0.500. The third-order valence-corrected chi connectivity index (χ3v) is 3.13. The lowest BCUT2D eigenvalue weighted by Crippen LogP contribution is -2.54. The van der Waals surface area contributed by atoms with Crippen LogP contribution in [0.4, 0.5) is 5.69 Å². The lowest BCUT2D eigenvalue weighted by molar-refractivity contribution is -0.133. The van der Waals surface area contributed by atoms with Crippen LogP contribution < -0.4 is 15.4 Å². The molecule has 0 aliphatic carbocycles. The first kappa shape index (κ1) is 12.9. The number of anilines is 1. The lowest BCUT2D eigenvalue weighted by atomic mass is 10.0. The first-order chi connectivity index (χ1) is 8.36. The molecular weight excluding hydrogens is 228 g/mol. The molecule has 4 heteroatoms. The van der Waals surface area contributed by atoms with Crippen molar-refractivity contribution in [3.8, 4) is 5.75 Å². The Hall–Kier alpha value is -1.55. The van der Waals surface area contributed by atoms with Gasteiger partial charge < -0.3 is 15.4 Å². The van der Waals surface area contributed by atoms with E-state index in [1.54, 1.807) is 18.7 Å². The number of nitrogens with two attached hydrogens (primary N) is 1. The molecule has 2 N–H and O–H groups in total. The van der Waals surface area contributed by atoms with Gasteiger partial charge >= 0.3 is 0 Å². The Bertz CT molecular complexity index is 481. The molecule has 0 aromatic heterocycles. The topological polar surface area (TPSA) is 55.6 Å². The minimum Gasteiger partial charge on any atom is -0.476 e. The number of carbonyl (C=O) groups is 1. The number of hydrogen-bond donors (Lipinski definition) is 1. The number of ether oxygens (including phenoxy) is 1. The average molecular weight is 248 g/mol. The molecule has 2 rings (SSSR count). The SMILES string of the molecule is CC(C)N1C(=O)C(C)(C)Oc2cc(CN)ccc21. The van der Waals surface area contributed by atoms with Crippen LogP contribution in [-0.2, 0) is 11.3 Å². The van der Waals surface area contributed by atoms with Crippen LogP contribution in [0.5, 0.6) is 5.75 Å². The van der Waals surface area contributed by atoms with Crippen molar-refractivity contribution < 1.29 is 9.53 Å². The van der Waals surface area contributed by atoms with Gasteiger partial charge in [0.25, 0.3) is 5.91 Å². The van der Waals surface area contributed by atoms with Crippen molar-refractivity contribution in [2.45, 2.75) is 45.9 Å². The summed E-state index contributed by atoms with van der Waals surface area (Å²) in [4.78, 5) is 14.2. The predicted molar refractivity (Wildman–Crippen MR) is 71.7 cm³/mol. The van der Waals surface area contributed by atoms with Crippen LogP contribution in [0, 0.1) is 0 Å². The number of hydrogen-bond acceptors (Lipinski definition) is 3. The Labute approximate surface area is 108 Å². The van der Waals surface area contributed by atoms with Crippen LogP contribution in [-0.4, -0.2) is 17.6 Å². The van der Waals surface area contributed by atoms with Crippen LogP contribution in [0.3, 0.4) is 0 Å². The summed E-state index contributed by atoms with van der Waals surface area (Å²) in [5.41, 5.74) is 6.64. The van der Waals surface area contributed by atoms with Gasteiger partial charge in [-0.15, -0.1) is 0 Å². The van der Waals surface area contributed by atoms with Gasteiger partial charge in [-0.1, -0.05) is 6.07 Å². The van der Waals surface area contributed by atoms with E-state index in [1.807, 2.05) is 32.0 Å². The number of amides is 1. The molecule has 0 saturated carbocycles. The fourth-order valence-electron chi connectivity index (χ4n) is 2.20. The van der Waals surface area contributed by atoms with Crippen molar-refractivity contribution in [1.82, 2.24) is 0 Å². The van der Waals surface area contributed by atoms with E-state index in [0.29, 0.717) is 6.54 Å². The molecule has 1 aromatic carbocycles. The van der Waals surface area contributed by atoms with E-state index in [1.165, 1.54) is 0 Å². The number of fused-ring (bicyclic) bond motifs is 1. The zero-order valence-electron chi connectivity index (χ0n) is 11.4. The van der Waals surface area contributed by atoms with Crippen molar-refractivity contribution in [3.63, 3.8) is 0 Å². The normalized spacial score (nSPS) is 17.7. The van der Waals surface area contributed by atoms with Crippen molar-refractivity contribution in [2.75, 3.05) is 4.90 Å². The van der Waals surface area contributed by atoms with Gasteiger partial charge in [-0.25, -0.2) is 0 Å². The summed E-state index contributed by atoms with van der Waals surface area (Å²) in [6.45, 7) is 8.05. The predicted octanol–water partition coefficient (Wildman–Crippen LogP) is 2.06. The van der Waals surface area contributed by atoms with Crippen LogP contribution in [0.25, 0.3) is 0 Å². The van der Waals surface area contributed by atoms with E-state index in [-0.39, 0.29) is 11.9 Å². The molecule has 98 valence electrons. The number of benzene rings is 1. The Morgan fingerprint density at radius 3 is 2.61 bits per heavy atom. The largest absolute Gasteiger partial charge is 0.476 e. The van der Waals surface area contributed by atoms with E-state index in [0.717, 1.165) is 17.0 Å². The van der Waals surface area contributed by atoms with Gasteiger partial charge in [-0.3, -0.25) is 4.79 Å². The second-order valence-electron chi connectivity index (χ2n) is 5.39. The van der Waals surface area contributed by atoms with Crippen LogP contribution in [0.2, 0.25) is 0 Å². The molecule has 0 fully saturated rings. The molecule has 1 heterocycles. The standard InChI is InChI=1S/C14H20N2O2/c1-9(2)16-11-6-5-10(8-15)7-12(11)18-14(3,4)13(16)17/h5-7,9H,8,15H2,1-4H3. The van der Waals surface area contributed by atoms with E-state index in [9.17, 15) is 4.79 Å². The average Bonchev–Trinajstić information content (AvgIpc) is 2.29. The van der Waals surface area contributed by atoms with Crippen molar-refractivity contribution in [1.29, 1.82) is 0 Å². The highest BCUT2D eigenvalue weighted by Gasteiger charge is 2.41. The number of carbonyl (C=O) groups excluding carboxylic acids is 1. The zero-order valence-corrected chi connectivity index (χ0v) is 11.4. The monoisotopic (exact) mass is 248 g/mol. The first-order valence-corrected chi connectivity index (χ1v) is 6.22. The molecule has 1 amide bonds. The molecule has 0 spiro atoms. The van der Waals surface area contributed by atoms with E-state index >= 15 is 0 Å². The second kappa shape index (κ2) is 4.28. The summed E-state index contributed by atoms with van der Waals surface area (Å²) < 4.78 is 5.81. The number of rotatable bonds is 2. The van der Waals surface area contributed by atoms with Gasteiger partial charge in [-0.2, -0.15) is 0 Å². The van der Waals surface area contributed by atoms with E-state index in [2.05, 4.69) is 0 Å². The molecule has 0 atom stereocenters. The Morgan fingerprint density at radius 2 is 2.06 bits per heavy atom. The molecule has 18 heavy (non-hydrogen) atoms. The molecule has 0 unspecified atom stereocenters. The molecule has 0 saturated heterocycles. The van der Waals surface area contributed by atoms with Gasteiger partial charge in [0.1, 0.15) is 5.75 Å². The molecular formula is C14H20N2O2. The summed E-state index contributed by atoms with van der Waals surface area (Å²) in [5, 5.41) is 0. The van der Waals surface area contributed by atoms with Crippen molar-refractivity contribution >= 4 is 11.6 Å². The zero-order chi connectivity index (χ0) is 13.5. The van der Waals surface area contributed by atoms with E-state index in [4.69, 9.17) is 10.5 Å². The third-order valence-electron chi connectivity index (χ3n) is 3.13. The Kier molecular flexibility index (Phi) is 3.07. The van der Waals surface area contributed by atoms with Gasteiger partial charge in [-0.05, 0) is 45.4 Å². The van der Waals surface area contributed by atoms with Crippen molar-refractivity contribution in [2.24, 2.45) is 5.73 Å². The van der Waals surface area contributed by atoms with Gasteiger partial charge in [0.15, 0.2) is 5.60 Å². The summed E-state index contributed by atoms with van der Waals surface area (Å²) in [6, 6.07) is 5.86. The van der Waals surface area contributed by atoms with Crippen LogP contribution in [0.15, 0.2) is 18.2 Å². The summed E-state index contributed by atoms with van der Waals surface area (Å²) in [5.74, 6) is 0.724. The molecule has 4 nitrogen and oxygen atoms in total. The quantitative estimate of drug-likeness (QED) is 0.871. The summed E-state index contributed by atoms with van der Waals surface area (Å²) in [7, 11) is 0. The van der Waals surface area contributed by atoms with Gasteiger partial charge in [0, 0.05) is 12.6 Å². The van der Waals surface area contributed by atoms with Gasteiger partial charge in [0.05, 0.1) is 5.69 Å². The summed E-state index contributed by atoms with van der Waals surface area (Å²) in [6.07, 6.45) is 0. The highest BCUT2D eigenvalue weighted by Crippen LogP contribution is 2.39. The van der Waals surface area contributed by atoms with Gasteiger partial charge in [0.2, 0.25) is 0 Å². The minimum atomic E-state index is -0.829. The second-order valence-corrected chi connectivity index (χ2v) is 5.39. The smallest absolute Gasteiger partial charge is 0.270 e. The maximum absolute atomic E-state index is 12.4. The molecule has 1 aliphatic heterocycles. The fourth-order valence-corrected chi connectivity index (χ4v) is 2.20. The molecule has 0 radical (unpaired) electrons. The maximum Gasteiger partial charge on any atom is 0.270 e. The minimum absolute atomic E-state index is 0.00880. The molecule has 1 aromatic rings. The van der Waals surface area contributed by atoms with Crippen LogP contribution in [0.1, 0.15) is 33.3 Å². The maximum atomic E-state index is 12.4. The van der Waals surface area contributed by atoms with E-state index < -0.39 is 5.60 Å². The van der Waals surface area contributed by atoms with Crippen LogP contribution >= 0.6 is 0 Å². The highest BCUT2D eigenvalue weighted by atomic mass is 16.5. The summed E-state index contributed by atoms with van der Waals surface area (Å²) >= 11 is 0. The molecule has 1 aliphatic rings. The third kappa shape index (κ3) is 1.97. The van der Waals surface area contributed by atoms with Crippen molar-refractivity contribution in [3.05, 3.63) is 23.8 Å². The Morgan fingerprint density at radius 1 is 1.39 bits per heavy atom. The highest BCUT2D eigenvalue weighted by molar-refractivity contribution is 6.02. The number of nitrogens with zero attached hydrogens (tertiary/aromatic N) is 1.